The minimum atomic E-state index is 0.339. The molecule has 76 valence electrons. The molecule has 2 rings (SSSR count). The third-order valence-electron chi connectivity index (χ3n) is 1.95. The molecule has 0 saturated heterocycles. The first kappa shape index (κ1) is 9.40. The number of hydrogen-bond acceptors (Lipinski definition) is 5. The van der Waals surface area contributed by atoms with E-state index in [9.17, 15) is 0 Å². The second-order valence-corrected chi connectivity index (χ2v) is 2.95. The highest BCUT2D eigenvalue weighted by Gasteiger charge is 2.07. The summed E-state index contributed by atoms with van der Waals surface area (Å²) in [4.78, 5) is 8.01. The van der Waals surface area contributed by atoms with Crippen LogP contribution in [0, 0.1) is 11.3 Å². The van der Waals surface area contributed by atoms with Gasteiger partial charge in [0.15, 0.2) is 5.82 Å². The van der Waals surface area contributed by atoms with Crippen LogP contribution in [0.3, 0.4) is 0 Å². The number of aromatic nitrogens is 4. The van der Waals surface area contributed by atoms with Crippen LogP contribution >= 0.6 is 0 Å². The minimum absolute atomic E-state index is 0.339. The van der Waals surface area contributed by atoms with Crippen molar-refractivity contribution in [2.24, 2.45) is 0 Å². The molecule has 0 bridgehead atoms. The average molecular weight is 203 g/mol. The number of aryl methyl sites for hydroxylation is 1. The van der Waals surface area contributed by atoms with E-state index in [1.54, 1.807) is 17.0 Å². The fraction of sp³-hybridized carbons (Fsp3) is 0.333. The summed E-state index contributed by atoms with van der Waals surface area (Å²) in [5, 5.41) is 12.5. The van der Waals surface area contributed by atoms with Crippen LogP contribution in [0.2, 0.25) is 0 Å². The Kier molecular flexibility index (Phi) is 2.46. The van der Waals surface area contributed by atoms with Crippen molar-refractivity contribution in [1.82, 2.24) is 19.7 Å². The van der Waals surface area contributed by atoms with Crippen molar-refractivity contribution in [3.05, 3.63) is 29.9 Å². The largest absolute Gasteiger partial charge is 0.337 e. The molecule has 0 fully saturated rings. The number of rotatable bonds is 3. The van der Waals surface area contributed by atoms with E-state index in [2.05, 4.69) is 15.1 Å². The van der Waals surface area contributed by atoms with Gasteiger partial charge in [0.05, 0.1) is 0 Å². The van der Waals surface area contributed by atoms with Gasteiger partial charge in [-0.2, -0.15) is 10.2 Å². The summed E-state index contributed by atoms with van der Waals surface area (Å²) in [6.45, 7) is 2.34. The molecule has 6 nitrogen and oxygen atoms in total. The Labute approximate surface area is 86.2 Å². The van der Waals surface area contributed by atoms with Crippen LogP contribution in [-0.2, 0) is 13.0 Å². The molecule has 2 aromatic rings. The number of nitrogens with zero attached hydrogens (tertiary/aromatic N) is 5. The fourth-order valence-corrected chi connectivity index (χ4v) is 1.19. The lowest BCUT2D eigenvalue weighted by Gasteiger charge is -1.96. The van der Waals surface area contributed by atoms with Crippen molar-refractivity contribution in [3.63, 3.8) is 0 Å². The SMILES string of the molecule is CCc1noc(Cn2ccnc2C#N)n1. The first-order valence-corrected chi connectivity index (χ1v) is 4.56. The smallest absolute Gasteiger partial charge is 0.246 e. The molecule has 0 aromatic carbocycles. The lowest BCUT2D eigenvalue weighted by Crippen LogP contribution is -2.01. The van der Waals surface area contributed by atoms with Gasteiger partial charge in [0.1, 0.15) is 12.6 Å². The molecule has 0 aliphatic carbocycles. The normalized spacial score (nSPS) is 10.1. The van der Waals surface area contributed by atoms with Crippen LogP contribution in [-0.4, -0.2) is 19.7 Å². The van der Waals surface area contributed by atoms with E-state index in [1.807, 2.05) is 13.0 Å². The number of nitriles is 1. The monoisotopic (exact) mass is 203 g/mol. The summed E-state index contributed by atoms with van der Waals surface area (Å²) >= 11 is 0. The lowest BCUT2D eigenvalue weighted by molar-refractivity contribution is 0.366. The number of hydrogen-bond donors (Lipinski definition) is 0. The van der Waals surface area contributed by atoms with Crippen molar-refractivity contribution in [2.75, 3.05) is 0 Å². The van der Waals surface area contributed by atoms with Gasteiger partial charge in [0.2, 0.25) is 11.7 Å². The molecule has 2 heterocycles. The zero-order valence-electron chi connectivity index (χ0n) is 8.21. The van der Waals surface area contributed by atoms with Crippen LogP contribution < -0.4 is 0 Å². The molecule has 0 spiro atoms. The van der Waals surface area contributed by atoms with E-state index >= 15 is 0 Å². The molecule has 6 heteroatoms. The Bertz CT molecular complexity index is 493. The Balaban J connectivity index is 2.19. The van der Waals surface area contributed by atoms with Crippen molar-refractivity contribution in [3.8, 4) is 6.07 Å². The van der Waals surface area contributed by atoms with Crippen molar-refractivity contribution >= 4 is 0 Å². The molecule has 15 heavy (non-hydrogen) atoms. The van der Waals surface area contributed by atoms with Crippen molar-refractivity contribution in [1.29, 1.82) is 5.26 Å². The van der Waals surface area contributed by atoms with Gasteiger partial charge in [-0.3, -0.25) is 0 Å². The summed E-state index contributed by atoms with van der Waals surface area (Å²) in [5.74, 6) is 1.50. The molecule has 0 saturated carbocycles. The quantitative estimate of drug-likeness (QED) is 0.735. The predicted molar refractivity (Wildman–Crippen MR) is 49.7 cm³/mol. The first-order chi connectivity index (χ1) is 7.33. The lowest BCUT2D eigenvalue weighted by atomic mass is 10.5. The first-order valence-electron chi connectivity index (χ1n) is 4.56. The Morgan fingerprint density at radius 3 is 3.13 bits per heavy atom. The van der Waals surface area contributed by atoms with Gasteiger partial charge in [0.25, 0.3) is 0 Å². The highest BCUT2D eigenvalue weighted by Crippen LogP contribution is 2.03. The zero-order valence-corrected chi connectivity index (χ0v) is 8.21. The van der Waals surface area contributed by atoms with E-state index in [-0.39, 0.29) is 0 Å². The van der Waals surface area contributed by atoms with Crippen LogP contribution in [0.25, 0.3) is 0 Å². The molecule has 0 N–H and O–H groups in total. The van der Waals surface area contributed by atoms with Crippen molar-refractivity contribution < 1.29 is 4.52 Å². The molecule has 0 radical (unpaired) electrons. The maximum absolute atomic E-state index is 8.74. The summed E-state index contributed by atoms with van der Waals surface area (Å²) in [6, 6.07) is 1.98. The number of imidazole rings is 1. The van der Waals surface area contributed by atoms with Crippen LogP contribution in [0.15, 0.2) is 16.9 Å². The maximum atomic E-state index is 8.74. The second kappa shape index (κ2) is 3.92. The van der Waals surface area contributed by atoms with E-state index < -0.39 is 0 Å². The molecule has 0 amide bonds. The standard InChI is InChI=1S/C9H9N5O/c1-2-7-12-9(15-13-7)6-14-4-3-11-8(14)5-10/h3-4H,2,6H2,1H3. The summed E-state index contributed by atoms with van der Waals surface area (Å²) < 4.78 is 6.67. The summed E-state index contributed by atoms with van der Waals surface area (Å²) in [7, 11) is 0. The van der Waals surface area contributed by atoms with E-state index in [1.165, 1.54) is 0 Å². The van der Waals surface area contributed by atoms with E-state index in [0.717, 1.165) is 6.42 Å². The predicted octanol–water partition coefficient (Wildman–Crippen LogP) is 0.748. The molecule has 0 atom stereocenters. The minimum Gasteiger partial charge on any atom is -0.337 e. The van der Waals surface area contributed by atoms with Gasteiger partial charge in [-0.1, -0.05) is 12.1 Å². The van der Waals surface area contributed by atoms with Crippen LogP contribution in [0.1, 0.15) is 24.5 Å². The zero-order chi connectivity index (χ0) is 10.7. The third-order valence-corrected chi connectivity index (χ3v) is 1.95. The Morgan fingerprint density at radius 2 is 2.47 bits per heavy atom. The van der Waals surface area contributed by atoms with Gasteiger partial charge in [0, 0.05) is 18.8 Å². The van der Waals surface area contributed by atoms with E-state index in [4.69, 9.17) is 9.78 Å². The third kappa shape index (κ3) is 1.86. The molecular weight excluding hydrogens is 194 g/mol. The van der Waals surface area contributed by atoms with Crippen LogP contribution in [0.4, 0.5) is 0 Å². The fourth-order valence-electron chi connectivity index (χ4n) is 1.19. The highest BCUT2D eigenvalue weighted by molar-refractivity contribution is 5.12. The Hall–Kier alpha value is -2.16. The highest BCUT2D eigenvalue weighted by atomic mass is 16.5. The van der Waals surface area contributed by atoms with Gasteiger partial charge in [-0.05, 0) is 0 Å². The molecular formula is C9H9N5O. The maximum Gasteiger partial charge on any atom is 0.246 e. The van der Waals surface area contributed by atoms with Gasteiger partial charge in [-0.25, -0.2) is 4.98 Å². The molecule has 0 aliphatic rings. The second-order valence-electron chi connectivity index (χ2n) is 2.95. The van der Waals surface area contributed by atoms with Gasteiger partial charge >= 0.3 is 0 Å². The summed E-state index contributed by atoms with van der Waals surface area (Å²) in [5.41, 5.74) is 0. The van der Waals surface area contributed by atoms with E-state index in [0.29, 0.717) is 24.1 Å². The van der Waals surface area contributed by atoms with Gasteiger partial charge in [-0.15, -0.1) is 0 Å². The van der Waals surface area contributed by atoms with Crippen LogP contribution in [0.5, 0.6) is 0 Å². The van der Waals surface area contributed by atoms with Crippen molar-refractivity contribution in [2.45, 2.75) is 19.9 Å². The molecule has 2 aromatic heterocycles. The average Bonchev–Trinajstić information content (AvgIpc) is 2.87. The van der Waals surface area contributed by atoms with Gasteiger partial charge < -0.3 is 9.09 Å². The topological polar surface area (TPSA) is 80.5 Å². The Morgan fingerprint density at radius 1 is 1.60 bits per heavy atom. The molecule has 0 unspecified atom stereocenters. The molecule has 0 aliphatic heterocycles. The summed E-state index contributed by atoms with van der Waals surface area (Å²) in [6.07, 6.45) is 4.00.